The molecular weight excluding hydrogens is 316 g/mol. The molecule has 0 bridgehead atoms. The number of aromatic hydroxyl groups is 1. The molecule has 0 saturated heterocycles. The van der Waals surface area contributed by atoms with Gasteiger partial charge in [0.05, 0.1) is 5.39 Å². The van der Waals surface area contributed by atoms with Gasteiger partial charge >= 0.3 is 5.97 Å². The van der Waals surface area contributed by atoms with E-state index in [4.69, 9.17) is 5.11 Å². The molecule has 3 N–H and O–H groups in total. The first-order valence-corrected chi connectivity index (χ1v) is 7.18. The summed E-state index contributed by atoms with van der Waals surface area (Å²) in [5.74, 6) is -2.70. The van der Waals surface area contributed by atoms with Gasteiger partial charge in [-0.05, 0) is 26.2 Å². The van der Waals surface area contributed by atoms with Crippen molar-refractivity contribution in [3.63, 3.8) is 0 Å². The number of amides is 1. The molecule has 2 aromatic rings. The number of aromatic nitrogens is 2. The van der Waals surface area contributed by atoms with Crippen molar-refractivity contribution in [3.8, 4) is 5.75 Å². The zero-order chi connectivity index (χ0) is 17.9. The van der Waals surface area contributed by atoms with E-state index in [1.807, 2.05) is 19.0 Å². The van der Waals surface area contributed by atoms with Crippen LogP contribution >= 0.6 is 0 Å². The average molecular weight is 334 g/mol. The molecule has 2 aromatic heterocycles. The van der Waals surface area contributed by atoms with Gasteiger partial charge in [-0.15, -0.1) is 0 Å². The van der Waals surface area contributed by atoms with Crippen molar-refractivity contribution in [1.82, 2.24) is 19.8 Å². The van der Waals surface area contributed by atoms with Crippen LogP contribution < -0.4 is 10.9 Å². The Hall–Kier alpha value is -2.94. The summed E-state index contributed by atoms with van der Waals surface area (Å²) in [5.41, 5.74) is -0.949. The van der Waals surface area contributed by atoms with Crippen LogP contribution in [0.25, 0.3) is 11.0 Å². The summed E-state index contributed by atoms with van der Waals surface area (Å²) in [5, 5.41) is 21.3. The minimum absolute atomic E-state index is 0.247. The number of pyridine rings is 2. The van der Waals surface area contributed by atoms with Gasteiger partial charge in [0.1, 0.15) is 23.5 Å². The first-order chi connectivity index (χ1) is 11.3. The molecule has 0 aliphatic heterocycles. The number of carbonyl (C=O) groups excluding carboxylic acids is 1. The number of likely N-dealkylation sites (N-methyl/N-ethyl adjacent to an activating group) is 1. The summed E-state index contributed by atoms with van der Waals surface area (Å²) in [6, 6.07) is 3.11. The highest BCUT2D eigenvalue weighted by atomic mass is 16.4. The van der Waals surface area contributed by atoms with Gasteiger partial charge in [0.15, 0.2) is 0 Å². The molecule has 1 amide bonds. The van der Waals surface area contributed by atoms with E-state index in [0.717, 1.165) is 0 Å². The van der Waals surface area contributed by atoms with E-state index >= 15 is 0 Å². The molecule has 9 nitrogen and oxygen atoms in total. The number of nitrogens with zero attached hydrogens (tertiary/aromatic N) is 3. The molecule has 0 radical (unpaired) electrons. The number of carbonyl (C=O) groups is 2. The van der Waals surface area contributed by atoms with Crippen LogP contribution in [0.4, 0.5) is 0 Å². The zero-order valence-corrected chi connectivity index (χ0v) is 13.3. The second-order valence-corrected chi connectivity index (χ2v) is 5.43. The molecule has 0 aliphatic carbocycles. The number of hydrogen-bond donors (Lipinski definition) is 3. The minimum Gasteiger partial charge on any atom is -0.506 e. The molecule has 0 fully saturated rings. The predicted octanol–water partition coefficient (Wildman–Crippen LogP) is -0.522. The second-order valence-electron chi connectivity index (χ2n) is 5.43. The lowest BCUT2D eigenvalue weighted by Crippen LogP contribution is -2.37. The van der Waals surface area contributed by atoms with Crippen LogP contribution in [0.5, 0.6) is 5.75 Å². The topological polar surface area (TPSA) is 125 Å². The van der Waals surface area contributed by atoms with Crippen molar-refractivity contribution >= 4 is 22.9 Å². The Morgan fingerprint density at radius 1 is 1.38 bits per heavy atom. The molecule has 0 saturated carbocycles. The molecule has 9 heteroatoms. The van der Waals surface area contributed by atoms with Crippen LogP contribution in [0, 0.1) is 0 Å². The maximum atomic E-state index is 12.6. The monoisotopic (exact) mass is 334 g/mol. The van der Waals surface area contributed by atoms with E-state index in [-0.39, 0.29) is 17.6 Å². The third kappa shape index (κ3) is 3.51. The van der Waals surface area contributed by atoms with Gasteiger partial charge < -0.3 is 20.4 Å². The third-order valence-electron chi connectivity index (χ3n) is 3.39. The molecule has 0 unspecified atom stereocenters. The van der Waals surface area contributed by atoms with Crippen LogP contribution in [-0.4, -0.2) is 63.7 Å². The highest BCUT2D eigenvalue weighted by Crippen LogP contribution is 2.24. The molecule has 0 spiro atoms. The number of hydrogen-bond acceptors (Lipinski definition) is 6. The second kappa shape index (κ2) is 7.09. The number of carboxylic acids is 1. The Labute approximate surface area is 137 Å². The van der Waals surface area contributed by atoms with Crippen LogP contribution in [0.1, 0.15) is 10.4 Å². The Morgan fingerprint density at radius 2 is 2.08 bits per heavy atom. The number of carboxylic acid groups (broad SMARTS) is 1. The van der Waals surface area contributed by atoms with E-state index in [2.05, 4.69) is 10.3 Å². The summed E-state index contributed by atoms with van der Waals surface area (Å²) in [6.45, 7) is 0.131. The van der Waals surface area contributed by atoms with Gasteiger partial charge in [-0.25, -0.2) is 4.98 Å². The van der Waals surface area contributed by atoms with E-state index < -0.39 is 35.3 Å². The van der Waals surface area contributed by atoms with Gasteiger partial charge in [-0.3, -0.25) is 19.0 Å². The first kappa shape index (κ1) is 17.4. The van der Waals surface area contributed by atoms with Gasteiger partial charge in [-0.1, -0.05) is 0 Å². The van der Waals surface area contributed by atoms with E-state index in [0.29, 0.717) is 6.54 Å². The lowest BCUT2D eigenvalue weighted by molar-refractivity contribution is -0.135. The summed E-state index contributed by atoms with van der Waals surface area (Å²) in [4.78, 5) is 41.3. The maximum Gasteiger partial charge on any atom is 0.322 e. The largest absolute Gasteiger partial charge is 0.506 e. The molecule has 0 aromatic carbocycles. The fourth-order valence-corrected chi connectivity index (χ4v) is 2.22. The van der Waals surface area contributed by atoms with Gasteiger partial charge in [-0.2, -0.15) is 0 Å². The van der Waals surface area contributed by atoms with Crippen molar-refractivity contribution < 1.29 is 19.8 Å². The van der Waals surface area contributed by atoms with Crippen LogP contribution in [0.3, 0.4) is 0 Å². The quantitative estimate of drug-likeness (QED) is 0.649. The maximum absolute atomic E-state index is 12.6. The minimum atomic E-state index is -1.25. The van der Waals surface area contributed by atoms with Gasteiger partial charge in [0, 0.05) is 19.3 Å². The number of nitrogens with one attached hydrogen (secondary N) is 1. The summed E-state index contributed by atoms with van der Waals surface area (Å²) < 4.78 is 1.30. The lowest BCUT2D eigenvalue weighted by Gasteiger charge is -2.16. The van der Waals surface area contributed by atoms with Crippen molar-refractivity contribution in [2.45, 2.75) is 6.54 Å². The van der Waals surface area contributed by atoms with Crippen LogP contribution in [0.15, 0.2) is 23.1 Å². The SMILES string of the molecule is CN(C)CCn1c(=O)c(C(=O)NCC(=O)O)c(O)c2cccnc21. The van der Waals surface area contributed by atoms with Gasteiger partial charge in [0.25, 0.3) is 11.5 Å². The van der Waals surface area contributed by atoms with Crippen molar-refractivity contribution in [2.75, 3.05) is 27.2 Å². The van der Waals surface area contributed by atoms with Crippen LogP contribution in [0.2, 0.25) is 0 Å². The van der Waals surface area contributed by atoms with E-state index in [1.165, 1.54) is 16.8 Å². The number of fused-ring (bicyclic) bond motifs is 1. The van der Waals surface area contributed by atoms with Crippen LogP contribution in [-0.2, 0) is 11.3 Å². The normalized spacial score (nSPS) is 11.0. The highest BCUT2D eigenvalue weighted by Gasteiger charge is 2.23. The molecule has 2 rings (SSSR count). The molecule has 128 valence electrons. The number of aliphatic carboxylic acids is 1. The summed E-state index contributed by atoms with van der Waals surface area (Å²) in [6.07, 6.45) is 1.48. The molecular formula is C15H18N4O5. The highest BCUT2D eigenvalue weighted by molar-refractivity contribution is 6.02. The van der Waals surface area contributed by atoms with E-state index in [9.17, 15) is 19.5 Å². The van der Waals surface area contributed by atoms with E-state index in [1.54, 1.807) is 6.07 Å². The lowest BCUT2D eigenvalue weighted by atomic mass is 10.1. The van der Waals surface area contributed by atoms with Crippen molar-refractivity contribution in [3.05, 3.63) is 34.2 Å². The van der Waals surface area contributed by atoms with Crippen molar-refractivity contribution in [2.24, 2.45) is 0 Å². The zero-order valence-electron chi connectivity index (χ0n) is 13.3. The Balaban J connectivity index is 2.60. The average Bonchev–Trinajstić information content (AvgIpc) is 2.52. The Morgan fingerprint density at radius 3 is 2.71 bits per heavy atom. The summed E-state index contributed by atoms with van der Waals surface area (Å²) in [7, 11) is 3.67. The van der Waals surface area contributed by atoms with Crippen molar-refractivity contribution in [1.29, 1.82) is 0 Å². The standard InChI is InChI=1S/C15H18N4O5/c1-18(2)6-7-19-13-9(4-3-5-16-13)12(22)11(15(19)24)14(23)17-8-10(20)21/h3-5,22H,6-8H2,1-2H3,(H,17,23)(H,20,21). The Kier molecular flexibility index (Phi) is 5.14. The van der Waals surface area contributed by atoms with Gasteiger partial charge in [0.2, 0.25) is 0 Å². The molecule has 24 heavy (non-hydrogen) atoms. The first-order valence-electron chi connectivity index (χ1n) is 7.18. The summed E-state index contributed by atoms with van der Waals surface area (Å²) >= 11 is 0. The molecule has 0 atom stereocenters. The molecule has 2 heterocycles. The fourth-order valence-electron chi connectivity index (χ4n) is 2.22. The fraction of sp³-hybridized carbons (Fsp3) is 0.333. The smallest absolute Gasteiger partial charge is 0.322 e. The molecule has 0 aliphatic rings. The third-order valence-corrected chi connectivity index (χ3v) is 3.39. The predicted molar refractivity (Wildman–Crippen MR) is 86.2 cm³/mol. The number of rotatable bonds is 6. The Bertz CT molecular complexity index is 844.